The Morgan fingerprint density at radius 1 is 0.957 bits per heavy atom. The smallest absolute Gasteiger partial charge is 0.268 e. The fourth-order valence-corrected chi connectivity index (χ4v) is 3.41. The van der Waals surface area contributed by atoms with Crippen LogP contribution in [-0.4, -0.2) is 13.9 Å². The van der Waals surface area contributed by atoms with Gasteiger partial charge in [0, 0.05) is 11.8 Å². The molecule has 0 saturated carbocycles. The van der Waals surface area contributed by atoms with Crippen molar-refractivity contribution in [2.45, 2.75) is 6.54 Å². The van der Waals surface area contributed by atoms with Crippen molar-refractivity contribution < 1.29 is 0 Å². The minimum atomic E-state index is -0.0338. The second-order valence-corrected chi connectivity index (χ2v) is 6.21. The van der Waals surface area contributed by atoms with Gasteiger partial charge in [0.05, 0.1) is 11.9 Å². The van der Waals surface area contributed by atoms with E-state index in [9.17, 15) is 4.79 Å². The van der Waals surface area contributed by atoms with E-state index in [1.807, 2.05) is 60.7 Å². The molecule has 0 spiro atoms. The second kappa shape index (κ2) is 5.78. The molecule has 112 valence electrons. The van der Waals surface area contributed by atoms with Gasteiger partial charge in [0.1, 0.15) is 4.83 Å². The SMILES string of the molecule is O=c1c2cnc(-c3ccccc3)nc2sn1Cc1ccccc1. The van der Waals surface area contributed by atoms with Crippen LogP contribution in [0, 0.1) is 0 Å². The molecule has 0 amide bonds. The highest BCUT2D eigenvalue weighted by Gasteiger charge is 2.11. The minimum Gasteiger partial charge on any atom is -0.268 e. The van der Waals surface area contributed by atoms with Crippen molar-refractivity contribution in [1.29, 1.82) is 0 Å². The Morgan fingerprint density at radius 3 is 2.39 bits per heavy atom. The zero-order chi connectivity index (χ0) is 15.6. The molecule has 0 N–H and O–H groups in total. The Bertz CT molecular complexity index is 1010. The summed E-state index contributed by atoms with van der Waals surface area (Å²) < 4.78 is 1.73. The van der Waals surface area contributed by atoms with Crippen molar-refractivity contribution in [2.24, 2.45) is 0 Å². The molecule has 2 heterocycles. The predicted octanol–water partition coefficient (Wildman–Crippen LogP) is 3.57. The molecule has 23 heavy (non-hydrogen) atoms. The molecular weight excluding hydrogens is 306 g/mol. The highest BCUT2D eigenvalue weighted by molar-refractivity contribution is 7.13. The average molecular weight is 319 g/mol. The van der Waals surface area contributed by atoms with E-state index in [1.54, 1.807) is 10.2 Å². The molecule has 0 radical (unpaired) electrons. The largest absolute Gasteiger partial charge is 0.272 e. The molecule has 0 bridgehead atoms. The molecular formula is C18H13N3OS. The van der Waals surface area contributed by atoms with Crippen molar-refractivity contribution in [2.75, 3.05) is 0 Å². The maximum atomic E-state index is 12.5. The van der Waals surface area contributed by atoms with Gasteiger partial charge in [-0.1, -0.05) is 60.7 Å². The number of rotatable bonds is 3. The summed E-state index contributed by atoms with van der Waals surface area (Å²) in [5, 5.41) is 0.575. The van der Waals surface area contributed by atoms with Crippen LogP contribution in [0.4, 0.5) is 0 Å². The van der Waals surface area contributed by atoms with Gasteiger partial charge < -0.3 is 0 Å². The monoisotopic (exact) mass is 319 g/mol. The minimum absolute atomic E-state index is 0.0338. The van der Waals surface area contributed by atoms with E-state index in [2.05, 4.69) is 9.97 Å². The molecule has 0 atom stereocenters. The maximum Gasteiger partial charge on any atom is 0.272 e. The number of nitrogens with zero attached hydrogens (tertiary/aromatic N) is 3. The summed E-state index contributed by atoms with van der Waals surface area (Å²) in [7, 11) is 0. The lowest BCUT2D eigenvalue weighted by atomic mass is 10.2. The molecule has 0 saturated heterocycles. The highest BCUT2D eigenvalue weighted by atomic mass is 32.1. The van der Waals surface area contributed by atoms with Gasteiger partial charge in [-0.3, -0.25) is 8.75 Å². The van der Waals surface area contributed by atoms with E-state index in [1.165, 1.54) is 11.5 Å². The van der Waals surface area contributed by atoms with Crippen LogP contribution < -0.4 is 5.56 Å². The quantitative estimate of drug-likeness (QED) is 0.580. The molecule has 4 aromatic rings. The summed E-state index contributed by atoms with van der Waals surface area (Å²) in [4.78, 5) is 22.1. The van der Waals surface area contributed by atoms with Crippen molar-refractivity contribution in [3.63, 3.8) is 0 Å². The van der Waals surface area contributed by atoms with E-state index < -0.39 is 0 Å². The molecule has 2 aromatic carbocycles. The van der Waals surface area contributed by atoms with Crippen LogP contribution in [0.5, 0.6) is 0 Å². The summed E-state index contributed by atoms with van der Waals surface area (Å²) in [6, 6.07) is 19.7. The number of benzene rings is 2. The zero-order valence-electron chi connectivity index (χ0n) is 12.2. The van der Waals surface area contributed by atoms with Crippen LogP contribution in [0.3, 0.4) is 0 Å². The van der Waals surface area contributed by atoms with Gasteiger partial charge in [-0.25, -0.2) is 9.97 Å². The Balaban J connectivity index is 1.77. The van der Waals surface area contributed by atoms with E-state index in [4.69, 9.17) is 0 Å². The molecule has 0 aliphatic carbocycles. The van der Waals surface area contributed by atoms with Gasteiger partial charge in [0.2, 0.25) is 0 Å². The van der Waals surface area contributed by atoms with E-state index in [-0.39, 0.29) is 5.56 Å². The normalized spacial score (nSPS) is 11.0. The molecule has 5 heteroatoms. The standard InChI is InChI=1S/C18H13N3OS/c22-18-15-11-19-16(14-9-5-2-6-10-14)20-17(15)23-21(18)12-13-7-3-1-4-8-13/h1-11H,12H2. The van der Waals surface area contributed by atoms with Gasteiger partial charge in [-0.05, 0) is 17.1 Å². The summed E-state index contributed by atoms with van der Waals surface area (Å²) >= 11 is 1.38. The molecule has 0 aliphatic rings. The summed E-state index contributed by atoms with van der Waals surface area (Å²) in [6.07, 6.45) is 1.63. The van der Waals surface area contributed by atoms with Crippen molar-refractivity contribution in [3.8, 4) is 11.4 Å². The Hall–Kier alpha value is -2.79. The van der Waals surface area contributed by atoms with Crippen molar-refractivity contribution in [3.05, 3.63) is 82.8 Å². The van der Waals surface area contributed by atoms with Gasteiger partial charge >= 0.3 is 0 Å². The Labute approximate surface area is 136 Å². The van der Waals surface area contributed by atoms with Gasteiger partial charge in [0.15, 0.2) is 5.82 Å². The first-order chi connectivity index (χ1) is 11.3. The van der Waals surface area contributed by atoms with Crippen LogP contribution >= 0.6 is 11.5 Å². The third-order valence-corrected chi connectivity index (χ3v) is 4.61. The number of hydrogen-bond donors (Lipinski definition) is 0. The lowest BCUT2D eigenvalue weighted by Gasteiger charge is -1.99. The second-order valence-electron chi connectivity index (χ2n) is 5.20. The first kappa shape index (κ1) is 13.8. The molecule has 0 unspecified atom stereocenters. The zero-order valence-corrected chi connectivity index (χ0v) is 13.0. The van der Waals surface area contributed by atoms with Crippen LogP contribution in [0.2, 0.25) is 0 Å². The lowest BCUT2D eigenvalue weighted by Crippen LogP contribution is -2.13. The summed E-state index contributed by atoms with van der Waals surface area (Å²) in [5.74, 6) is 0.645. The van der Waals surface area contributed by atoms with E-state index in [0.717, 1.165) is 16.0 Å². The van der Waals surface area contributed by atoms with E-state index >= 15 is 0 Å². The topological polar surface area (TPSA) is 47.8 Å². The molecule has 2 aromatic heterocycles. The number of fused-ring (bicyclic) bond motifs is 1. The Kier molecular flexibility index (Phi) is 3.48. The Morgan fingerprint density at radius 2 is 1.65 bits per heavy atom. The first-order valence-corrected chi connectivity index (χ1v) is 8.05. The lowest BCUT2D eigenvalue weighted by molar-refractivity contribution is 0.854. The number of hydrogen-bond acceptors (Lipinski definition) is 4. The molecule has 0 aliphatic heterocycles. The predicted molar refractivity (Wildman–Crippen MR) is 92.7 cm³/mol. The summed E-state index contributed by atoms with van der Waals surface area (Å²) in [5.41, 5.74) is 2.01. The van der Waals surface area contributed by atoms with Gasteiger partial charge in [-0.2, -0.15) is 0 Å². The third-order valence-electron chi connectivity index (χ3n) is 3.61. The van der Waals surface area contributed by atoms with Gasteiger partial charge in [0.25, 0.3) is 5.56 Å². The average Bonchev–Trinajstić information content (AvgIpc) is 2.92. The van der Waals surface area contributed by atoms with Gasteiger partial charge in [-0.15, -0.1) is 0 Å². The fraction of sp³-hybridized carbons (Fsp3) is 0.0556. The van der Waals surface area contributed by atoms with Crippen molar-refractivity contribution >= 4 is 21.7 Å². The number of aromatic nitrogens is 3. The third kappa shape index (κ3) is 2.66. The molecule has 4 rings (SSSR count). The molecule has 0 fully saturated rings. The van der Waals surface area contributed by atoms with Crippen LogP contribution in [0.1, 0.15) is 5.56 Å². The fourth-order valence-electron chi connectivity index (χ4n) is 2.44. The van der Waals surface area contributed by atoms with Crippen LogP contribution in [-0.2, 0) is 6.54 Å². The van der Waals surface area contributed by atoms with Crippen LogP contribution in [0.25, 0.3) is 21.6 Å². The highest BCUT2D eigenvalue weighted by Crippen LogP contribution is 2.20. The van der Waals surface area contributed by atoms with Crippen LogP contribution in [0.15, 0.2) is 71.7 Å². The summed E-state index contributed by atoms with van der Waals surface area (Å²) in [6.45, 7) is 0.557. The van der Waals surface area contributed by atoms with E-state index in [0.29, 0.717) is 17.8 Å². The molecule has 4 nitrogen and oxygen atoms in total. The maximum absolute atomic E-state index is 12.5. The van der Waals surface area contributed by atoms with Crippen molar-refractivity contribution in [1.82, 2.24) is 13.9 Å². The first-order valence-electron chi connectivity index (χ1n) is 7.27.